The van der Waals surface area contributed by atoms with Crippen LogP contribution < -0.4 is 0 Å². The van der Waals surface area contributed by atoms with E-state index in [9.17, 15) is 4.79 Å². The Labute approximate surface area is 105 Å². The van der Waals surface area contributed by atoms with Crippen LogP contribution in [0.1, 0.15) is 65.7 Å². The topological polar surface area (TPSA) is 26.3 Å². The first kappa shape index (κ1) is 14.3. The Morgan fingerprint density at radius 3 is 2.00 bits per heavy atom. The molecule has 1 aliphatic carbocycles. The van der Waals surface area contributed by atoms with Gasteiger partial charge < -0.3 is 4.74 Å². The molecule has 0 atom stereocenters. The van der Waals surface area contributed by atoms with Crippen molar-refractivity contribution >= 4 is 5.97 Å². The minimum absolute atomic E-state index is 0.223. The highest BCUT2D eigenvalue weighted by atomic mass is 16.6. The highest BCUT2D eigenvalue weighted by Gasteiger charge is 2.37. The summed E-state index contributed by atoms with van der Waals surface area (Å²) in [4.78, 5) is 11.8. The van der Waals surface area contributed by atoms with Crippen molar-refractivity contribution in [1.29, 1.82) is 0 Å². The van der Waals surface area contributed by atoms with Gasteiger partial charge in [0.25, 0.3) is 0 Å². The molecule has 1 fully saturated rings. The Morgan fingerprint density at radius 1 is 1.12 bits per heavy atom. The quantitative estimate of drug-likeness (QED) is 0.543. The van der Waals surface area contributed by atoms with Crippen molar-refractivity contribution in [3.05, 3.63) is 12.2 Å². The molecule has 0 bridgehead atoms. The molecule has 0 aromatic rings. The van der Waals surface area contributed by atoms with Gasteiger partial charge >= 0.3 is 5.97 Å². The highest BCUT2D eigenvalue weighted by Crippen LogP contribution is 2.36. The molecular formula is C15H26O2. The van der Waals surface area contributed by atoms with Crippen molar-refractivity contribution in [2.75, 3.05) is 0 Å². The summed E-state index contributed by atoms with van der Waals surface area (Å²) in [6.45, 7) is 9.72. The number of hydrogen-bond acceptors (Lipinski definition) is 2. The summed E-state index contributed by atoms with van der Waals surface area (Å²) in [5.74, 6) is 0.156. The van der Waals surface area contributed by atoms with Gasteiger partial charge in [-0.25, -0.2) is 4.79 Å². The van der Waals surface area contributed by atoms with Crippen LogP contribution in [-0.4, -0.2) is 11.6 Å². The van der Waals surface area contributed by atoms with E-state index in [1.165, 1.54) is 32.1 Å². The van der Waals surface area contributed by atoms with Crippen molar-refractivity contribution in [3.63, 3.8) is 0 Å². The molecule has 0 N–H and O–H groups in total. The van der Waals surface area contributed by atoms with Gasteiger partial charge in [-0.2, -0.15) is 0 Å². The van der Waals surface area contributed by atoms with Gasteiger partial charge in [-0.1, -0.05) is 39.7 Å². The molecule has 0 amide bonds. The first-order chi connectivity index (χ1) is 7.98. The molecule has 1 aliphatic rings. The number of hydrogen-bond donors (Lipinski definition) is 0. The van der Waals surface area contributed by atoms with Crippen molar-refractivity contribution in [1.82, 2.24) is 0 Å². The maximum Gasteiger partial charge on any atom is 0.333 e. The third-order valence-corrected chi connectivity index (χ3v) is 3.90. The van der Waals surface area contributed by atoms with E-state index in [-0.39, 0.29) is 11.6 Å². The molecule has 2 nitrogen and oxygen atoms in total. The van der Waals surface area contributed by atoms with Gasteiger partial charge in [0.05, 0.1) is 0 Å². The largest absolute Gasteiger partial charge is 0.455 e. The first-order valence-corrected chi connectivity index (χ1v) is 6.87. The lowest BCUT2D eigenvalue weighted by Crippen LogP contribution is -2.41. The molecule has 0 aromatic heterocycles. The van der Waals surface area contributed by atoms with Gasteiger partial charge in [-0.3, -0.25) is 0 Å². The molecule has 0 aromatic carbocycles. The molecule has 2 heteroatoms. The van der Waals surface area contributed by atoms with Gasteiger partial charge in [0, 0.05) is 5.57 Å². The maximum absolute atomic E-state index is 11.8. The van der Waals surface area contributed by atoms with Crippen LogP contribution in [0.15, 0.2) is 12.2 Å². The van der Waals surface area contributed by atoms with Crippen molar-refractivity contribution in [2.45, 2.75) is 71.3 Å². The van der Waals surface area contributed by atoms with Gasteiger partial charge in [0.2, 0.25) is 0 Å². The average Bonchev–Trinajstić information content (AvgIpc) is 2.21. The number of carbonyl (C=O) groups excluding carboxylic acids is 1. The van der Waals surface area contributed by atoms with E-state index in [0.717, 1.165) is 12.8 Å². The van der Waals surface area contributed by atoms with Crippen LogP contribution in [-0.2, 0) is 9.53 Å². The van der Waals surface area contributed by atoms with Gasteiger partial charge in [0.15, 0.2) is 0 Å². The van der Waals surface area contributed by atoms with E-state index in [2.05, 4.69) is 20.4 Å². The smallest absolute Gasteiger partial charge is 0.333 e. The summed E-state index contributed by atoms with van der Waals surface area (Å²) in [7, 11) is 0. The van der Waals surface area contributed by atoms with Gasteiger partial charge in [0.1, 0.15) is 5.60 Å². The summed E-state index contributed by atoms with van der Waals surface area (Å²) < 4.78 is 5.80. The molecule has 0 aliphatic heterocycles. The highest BCUT2D eigenvalue weighted by molar-refractivity contribution is 5.87. The predicted octanol–water partition coefficient (Wildman–Crippen LogP) is 4.24. The number of ether oxygens (including phenoxy) is 1. The minimum atomic E-state index is -0.254. The fourth-order valence-corrected chi connectivity index (χ4v) is 2.57. The Bertz CT molecular complexity index is 271. The lowest BCUT2D eigenvalue weighted by Gasteiger charge is -2.38. The van der Waals surface area contributed by atoms with E-state index in [0.29, 0.717) is 11.5 Å². The summed E-state index contributed by atoms with van der Waals surface area (Å²) in [6, 6.07) is 0. The van der Waals surface area contributed by atoms with E-state index in [1.807, 2.05) is 0 Å². The molecule has 0 heterocycles. The summed E-state index contributed by atoms with van der Waals surface area (Å²) in [6.07, 6.45) is 8.19. The Balaban J connectivity index is 2.78. The Kier molecular flexibility index (Phi) is 5.23. The monoisotopic (exact) mass is 238 g/mol. The zero-order valence-corrected chi connectivity index (χ0v) is 11.6. The van der Waals surface area contributed by atoms with Gasteiger partial charge in [-0.05, 0) is 38.5 Å². The van der Waals surface area contributed by atoms with E-state index in [4.69, 9.17) is 4.74 Å². The standard InChI is InChI=1S/C15H26O2/c1-12(2)14(16)17-15(13(3)4)10-8-6-5-7-9-11-15/h13H,1,5-11H2,2-4H3. The molecule has 1 saturated carbocycles. The fraction of sp³-hybridized carbons (Fsp3) is 0.800. The van der Waals surface area contributed by atoms with Crippen LogP contribution in [0.3, 0.4) is 0 Å². The fourth-order valence-electron chi connectivity index (χ4n) is 2.57. The molecule has 0 saturated heterocycles. The zero-order chi connectivity index (χ0) is 12.9. The van der Waals surface area contributed by atoms with Crippen LogP contribution in [0, 0.1) is 5.92 Å². The minimum Gasteiger partial charge on any atom is -0.455 e. The molecular weight excluding hydrogens is 212 g/mol. The van der Waals surface area contributed by atoms with E-state index in [1.54, 1.807) is 6.92 Å². The van der Waals surface area contributed by atoms with Crippen molar-refractivity contribution in [2.24, 2.45) is 5.92 Å². The lowest BCUT2D eigenvalue weighted by molar-refractivity contribution is -0.163. The van der Waals surface area contributed by atoms with Crippen LogP contribution >= 0.6 is 0 Å². The predicted molar refractivity (Wildman–Crippen MR) is 70.8 cm³/mol. The third kappa shape index (κ3) is 3.86. The lowest BCUT2D eigenvalue weighted by atomic mass is 9.79. The van der Waals surface area contributed by atoms with Gasteiger partial charge in [-0.15, -0.1) is 0 Å². The second-order valence-corrected chi connectivity index (χ2v) is 5.66. The summed E-state index contributed by atoms with van der Waals surface area (Å²) in [5, 5.41) is 0. The molecule has 0 unspecified atom stereocenters. The molecule has 0 spiro atoms. The third-order valence-electron chi connectivity index (χ3n) is 3.90. The first-order valence-electron chi connectivity index (χ1n) is 6.87. The normalized spacial score (nSPS) is 20.5. The number of rotatable bonds is 3. The van der Waals surface area contributed by atoms with E-state index >= 15 is 0 Å². The van der Waals surface area contributed by atoms with Crippen molar-refractivity contribution < 1.29 is 9.53 Å². The van der Waals surface area contributed by atoms with Crippen LogP contribution in [0.5, 0.6) is 0 Å². The van der Waals surface area contributed by atoms with E-state index < -0.39 is 0 Å². The van der Waals surface area contributed by atoms with Crippen LogP contribution in [0.25, 0.3) is 0 Å². The Hall–Kier alpha value is -0.790. The van der Waals surface area contributed by atoms with Crippen LogP contribution in [0.2, 0.25) is 0 Å². The molecule has 1 rings (SSSR count). The molecule has 98 valence electrons. The second kappa shape index (κ2) is 6.23. The molecule has 17 heavy (non-hydrogen) atoms. The Morgan fingerprint density at radius 2 is 1.59 bits per heavy atom. The SMILES string of the molecule is C=C(C)C(=O)OC1(C(C)C)CCCCCCC1. The summed E-state index contributed by atoms with van der Waals surface area (Å²) in [5.41, 5.74) is 0.253. The maximum atomic E-state index is 11.8. The molecule has 0 radical (unpaired) electrons. The van der Waals surface area contributed by atoms with Crippen molar-refractivity contribution in [3.8, 4) is 0 Å². The summed E-state index contributed by atoms with van der Waals surface area (Å²) >= 11 is 0. The number of carbonyl (C=O) groups is 1. The second-order valence-electron chi connectivity index (χ2n) is 5.66. The number of esters is 1. The van der Waals surface area contributed by atoms with Crippen LogP contribution in [0.4, 0.5) is 0 Å². The average molecular weight is 238 g/mol. The zero-order valence-electron chi connectivity index (χ0n) is 11.6.